The van der Waals surface area contributed by atoms with Crippen LogP contribution in [0.2, 0.25) is 0 Å². The summed E-state index contributed by atoms with van der Waals surface area (Å²) < 4.78 is 38.4. The van der Waals surface area contributed by atoms with Gasteiger partial charge >= 0.3 is 5.97 Å². The van der Waals surface area contributed by atoms with Crippen molar-refractivity contribution in [2.45, 2.75) is 61.2 Å². The number of carbonyl (C=O) groups is 1. The number of hydrogen-bond acceptors (Lipinski definition) is 19. The molecule has 4 aromatic rings. The second-order valence-electron chi connectivity index (χ2n) is 13.2. The van der Waals surface area contributed by atoms with Crippen molar-refractivity contribution in [3.05, 3.63) is 76.0 Å². The summed E-state index contributed by atoms with van der Waals surface area (Å²) in [5.74, 6) is -2.73. The fourth-order valence-corrected chi connectivity index (χ4v) is 6.53. The number of fused-ring (bicyclic) bond motifs is 1. The third-order valence-electron chi connectivity index (χ3n) is 9.59. The van der Waals surface area contributed by atoms with Crippen molar-refractivity contribution in [3.8, 4) is 45.8 Å². The second-order valence-corrected chi connectivity index (χ2v) is 13.2. The van der Waals surface area contributed by atoms with Gasteiger partial charge in [-0.25, -0.2) is 4.79 Å². The molecule has 306 valence electrons. The number of methoxy groups -OCH3 is 2. The molecular formula is C38H40O19. The number of aliphatic hydroxyl groups excluding tert-OH is 6. The van der Waals surface area contributed by atoms with Gasteiger partial charge in [0, 0.05) is 23.8 Å². The van der Waals surface area contributed by atoms with Crippen molar-refractivity contribution >= 4 is 23.0 Å². The molecule has 19 heteroatoms. The minimum absolute atomic E-state index is 0.0372. The topological polar surface area (TPSA) is 305 Å². The molecule has 57 heavy (non-hydrogen) atoms. The number of carbonyl (C=O) groups excluding carboxylic acids is 1. The molecule has 0 radical (unpaired) electrons. The average molecular weight is 801 g/mol. The van der Waals surface area contributed by atoms with Gasteiger partial charge in [-0.15, -0.1) is 0 Å². The Hall–Kier alpha value is -5.48. The second kappa shape index (κ2) is 16.9. The number of esters is 1. The van der Waals surface area contributed by atoms with Crippen LogP contribution in [0.15, 0.2) is 63.8 Å². The first-order valence-electron chi connectivity index (χ1n) is 17.3. The van der Waals surface area contributed by atoms with E-state index in [4.69, 9.17) is 32.8 Å². The lowest BCUT2D eigenvalue weighted by Crippen LogP contribution is -2.63. The summed E-state index contributed by atoms with van der Waals surface area (Å²) in [5.41, 5.74) is -0.952. The van der Waals surface area contributed by atoms with Crippen molar-refractivity contribution in [2.75, 3.05) is 27.4 Å². The molecule has 19 nitrogen and oxygen atoms in total. The van der Waals surface area contributed by atoms with E-state index in [1.165, 1.54) is 56.7 Å². The molecule has 0 bridgehead atoms. The molecule has 10 atom stereocenters. The van der Waals surface area contributed by atoms with Crippen LogP contribution in [0.25, 0.3) is 28.4 Å². The number of hydrogen-bond donors (Lipinski definition) is 10. The molecule has 6 rings (SSSR count). The molecule has 0 aliphatic carbocycles. The molecule has 2 fully saturated rings. The lowest BCUT2D eigenvalue weighted by molar-refractivity contribution is -0.342. The number of aliphatic hydroxyl groups is 6. The summed E-state index contributed by atoms with van der Waals surface area (Å²) in [6, 6.07) is 10.4. The Kier molecular flexibility index (Phi) is 12.2. The number of ether oxygens (including phenoxy) is 6. The Morgan fingerprint density at radius 2 is 1.44 bits per heavy atom. The molecule has 0 spiro atoms. The van der Waals surface area contributed by atoms with Gasteiger partial charge in [0.25, 0.3) is 0 Å². The molecule has 2 aliphatic heterocycles. The van der Waals surface area contributed by atoms with Gasteiger partial charge < -0.3 is 83.9 Å². The standard InChI is InChI=1S/C38H40O19/c1-51-22-9-15(3-6-17(22)40)4-8-27(44)53-14-26-31(46)33(48)35(50)38(56-26)57-37-34(49)30(45)25(13-39)55-36(37)29-20(43)12-24-28(32(29)47)19(42)11-21(54-24)16-5-7-18(41)23(10-16)52-2/h3-12,25-26,30-31,33-41,43,45-50H,13-14H2,1-2H3. The lowest BCUT2D eigenvalue weighted by Gasteiger charge is -2.46. The maximum atomic E-state index is 13.5. The minimum Gasteiger partial charge on any atom is -0.507 e. The Morgan fingerprint density at radius 3 is 2.12 bits per heavy atom. The summed E-state index contributed by atoms with van der Waals surface area (Å²) in [7, 11) is 2.66. The van der Waals surface area contributed by atoms with Crippen LogP contribution in [0.3, 0.4) is 0 Å². The summed E-state index contributed by atoms with van der Waals surface area (Å²) in [5, 5.41) is 106. The molecule has 2 saturated heterocycles. The van der Waals surface area contributed by atoms with Crippen LogP contribution < -0.4 is 14.9 Å². The smallest absolute Gasteiger partial charge is 0.330 e. The largest absolute Gasteiger partial charge is 0.507 e. The quantitative estimate of drug-likeness (QED) is 0.0700. The molecule has 0 amide bonds. The normalized spacial score (nSPS) is 27.7. The van der Waals surface area contributed by atoms with Crippen LogP contribution in [-0.4, -0.2) is 140 Å². The van der Waals surface area contributed by atoms with Crippen molar-refractivity contribution in [1.29, 1.82) is 0 Å². The zero-order valence-corrected chi connectivity index (χ0v) is 30.1. The van der Waals surface area contributed by atoms with Crippen LogP contribution in [0.5, 0.6) is 34.5 Å². The maximum absolute atomic E-state index is 13.5. The highest BCUT2D eigenvalue weighted by Gasteiger charge is 2.52. The van der Waals surface area contributed by atoms with Gasteiger partial charge in [0.2, 0.25) is 0 Å². The van der Waals surface area contributed by atoms with Crippen LogP contribution in [0.1, 0.15) is 17.2 Å². The molecule has 2 aliphatic rings. The van der Waals surface area contributed by atoms with E-state index in [1.54, 1.807) is 0 Å². The number of aromatic hydroxyl groups is 4. The van der Waals surface area contributed by atoms with Gasteiger partial charge in [-0.2, -0.15) is 0 Å². The Balaban J connectivity index is 1.27. The van der Waals surface area contributed by atoms with Gasteiger partial charge in [-0.05, 0) is 42.0 Å². The van der Waals surface area contributed by atoms with Crippen LogP contribution >= 0.6 is 0 Å². The first-order chi connectivity index (χ1) is 27.2. The van der Waals surface area contributed by atoms with Crippen LogP contribution in [0, 0.1) is 0 Å². The third kappa shape index (κ3) is 8.19. The van der Waals surface area contributed by atoms with E-state index in [-0.39, 0.29) is 39.9 Å². The van der Waals surface area contributed by atoms with Crippen molar-refractivity contribution in [1.82, 2.24) is 0 Å². The molecule has 0 saturated carbocycles. The van der Waals surface area contributed by atoms with E-state index in [9.17, 15) is 60.7 Å². The highest BCUT2D eigenvalue weighted by Crippen LogP contribution is 2.46. The fraction of sp³-hybridized carbons (Fsp3) is 0.368. The summed E-state index contributed by atoms with van der Waals surface area (Å²) in [6.45, 7) is -1.58. The SMILES string of the molecule is COc1cc(C=CC(=O)OCC2OC(OC3C(c4c(O)cc5oc(-c6ccc(O)c(OC)c6)cc(=O)c5c4O)OC(CO)C(O)C3O)C(O)C(O)C2O)ccc1O. The first-order valence-corrected chi connectivity index (χ1v) is 17.3. The molecule has 10 N–H and O–H groups in total. The van der Waals surface area contributed by atoms with E-state index >= 15 is 0 Å². The predicted octanol–water partition coefficient (Wildman–Crippen LogP) is -0.0970. The zero-order valence-electron chi connectivity index (χ0n) is 30.1. The predicted molar refractivity (Wildman–Crippen MR) is 192 cm³/mol. The number of benzene rings is 3. The third-order valence-corrected chi connectivity index (χ3v) is 9.59. The van der Waals surface area contributed by atoms with Crippen molar-refractivity contribution in [3.63, 3.8) is 0 Å². The molecule has 10 unspecified atom stereocenters. The summed E-state index contributed by atoms with van der Waals surface area (Å²) >= 11 is 0. The van der Waals surface area contributed by atoms with Gasteiger partial charge in [-0.3, -0.25) is 4.79 Å². The Morgan fingerprint density at radius 1 is 0.772 bits per heavy atom. The Bertz CT molecular complexity index is 2180. The Labute approximate surface area is 321 Å². The number of phenolic OH excluding ortho intramolecular Hbond substituents is 4. The van der Waals surface area contributed by atoms with E-state index in [2.05, 4.69) is 0 Å². The maximum Gasteiger partial charge on any atom is 0.330 e. The molecule has 3 aromatic carbocycles. The summed E-state index contributed by atoms with van der Waals surface area (Å²) in [6.07, 6.45) is -16.2. The minimum atomic E-state index is -2.04. The van der Waals surface area contributed by atoms with E-state index < -0.39 is 108 Å². The van der Waals surface area contributed by atoms with E-state index in [0.717, 1.165) is 18.2 Å². The molecule has 3 heterocycles. The van der Waals surface area contributed by atoms with Gasteiger partial charge in [0.05, 0.1) is 26.4 Å². The lowest BCUT2D eigenvalue weighted by atomic mass is 9.89. The summed E-state index contributed by atoms with van der Waals surface area (Å²) in [4.78, 5) is 26.0. The molecule has 1 aromatic heterocycles. The van der Waals surface area contributed by atoms with Gasteiger partial charge in [0.1, 0.15) is 89.8 Å². The monoisotopic (exact) mass is 800 g/mol. The first kappa shape index (κ1) is 41.2. The number of rotatable bonds is 11. The number of phenols is 4. The van der Waals surface area contributed by atoms with E-state index in [0.29, 0.717) is 5.56 Å². The van der Waals surface area contributed by atoms with Gasteiger partial charge in [0.15, 0.2) is 34.7 Å². The van der Waals surface area contributed by atoms with Crippen LogP contribution in [0.4, 0.5) is 0 Å². The fourth-order valence-electron chi connectivity index (χ4n) is 6.53. The van der Waals surface area contributed by atoms with E-state index in [1.807, 2.05) is 0 Å². The zero-order chi connectivity index (χ0) is 41.3. The average Bonchev–Trinajstić information content (AvgIpc) is 3.19. The molecular weight excluding hydrogens is 760 g/mol. The van der Waals surface area contributed by atoms with Crippen molar-refractivity contribution < 1.29 is 88.7 Å². The van der Waals surface area contributed by atoms with Gasteiger partial charge in [-0.1, -0.05) is 6.07 Å². The van der Waals surface area contributed by atoms with Crippen molar-refractivity contribution in [2.24, 2.45) is 0 Å². The van der Waals surface area contributed by atoms with Crippen LogP contribution in [-0.2, 0) is 23.7 Å². The highest BCUT2D eigenvalue weighted by molar-refractivity contribution is 5.88. The highest BCUT2D eigenvalue weighted by atomic mass is 16.7.